The number of furan rings is 1. The molecule has 1 saturated heterocycles. The Morgan fingerprint density at radius 3 is 2.55 bits per heavy atom. The van der Waals surface area contributed by atoms with Gasteiger partial charge in [-0.2, -0.15) is 0 Å². The van der Waals surface area contributed by atoms with Crippen molar-refractivity contribution in [3.8, 4) is 0 Å². The van der Waals surface area contributed by atoms with E-state index in [0.29, 0.717) is 0 Å². The molecule has 2 aromatic rings. The number of nitrogens with one attached hydrogen (secondary N) is 2. The maximum atomic E-state index is 5.70. The van der Waals surface area contributed by atoms with Gasteiger partial charge in [-0.05, 0) is 68.2 Å². The number of hydrogen-bond acceptors (Lipinski definition) is 4. The van der Waals surface area contributed by atoms with E-state index in [9.17, 15) is 0 Å². The highest BCUT2D eigenvalue weighted by molar-refractivity contribution is 14.0. The number of aryl methyl sites for hydroxylation is 1. The highest BCUT2D eigenvalue weighted by Crippen LogP contribution is 2.24. The maximum Gasteiger partial charge on any atom is 0.191 e. The molecule has 160 valence electrons. The van der Waals surface area contributed by atoms with Gasteiger partial charge in [-0.3, -0.25) is 9.89 Å². The molecule has 1 unspecified atom stereocenters. The molecular formula is C22H34IN5O. The van der Waals surface area contributed by atoms with Gasteiger partial charge in [-0.1, -0.05) is 6.07 Å². The predicted octanol–water partition coefficient (Wildman–Crippen LogP) is 3.77. The second kappa shape index (κ2) is 11.4. The predicted molar refractivity (Wildman–Crippen MR) is 131 cm³/mol. The highest BCUT2D eigenvalue weighted by atomic mass is 127. The van der Waals surface area contributed by atoms with Gasteiger partial charge in [0.15, 0.2) is 5.96 Å². The van der Waals surface area contributed by atoms with Crippen LogP contribution in [-0.2, 0) is 6.54 Å². The maximum absolute atomic E-state index is 5.70. The Bertz CT molecular complexity index is 770. The Morgan fingerprint density at radius 2 is 1.97 bits per heavy atom. The topological polar surface area (TPSA) is 56.0 Å². The van der Waals surface area contributed by atoms with Crippen LogP contribution in [0.2, 0.25) is 0 Å². The lowest BCUT2D eigenvalue weighted by atomic mass is 10.1. The van der Waals surface area contributed by atoms with Crippen molar-refractivity contribution in [1.82, 2.24) is 15.5 Å². The molecule has 0 aliphatic carbocycles. The first kappa shape index (κ1) is 23.5. The van der Waals surface area contributed by atoms with Crippen molar-refractivity contribution in [2.75, 3.05) is 45.7 Å². The highest BCUT2D eigenvalue weighted by Gasteiger charge is 2.25. The third-order valence-electron chi connectivity index (χ3n) is 5.43. The molecule has 0 amide bonds. The zero-order valence-electron chi connectivity index (χ0n) is 17.9. The summed E-state index contributed by atoms with van der Waals surface area (Å²) in [6, 6.07) is 10.8. The fourth-order valence-electron chi connectivity index (χ4n) is 3.69. The molecule has 1 aromatic carbocycles. The number of aliphatic imine (C=N–C) groups is 1. The molecule has 0 radical (unpaired) electrons. The molecule has 1 aromatic heterocycles. The van der Waals surface area contributed by atoms with Gasteiger partial charge in [-0.25, -0.2) is 0 Å². The van der Waals surface area contributed by atoms with Crippen molar-refractivity contribution in [1.29, 1.82) is 0 Å². The molecule has 1 fully saturated rings. The van der Waals surface area contributed by atoms with Crippen LogP contribution in [0.25, 0.3) is 0 Å². The van der Waals surface area contributed by atoms with E-state index >= 15 is 0 Å². The quantitative estimate of drug-likeness (QED) is 0.337. The van der Waals surface area contributed by atoms with Crippen LogP contribution in [0.4, 0.5) is 5.69 Å². The van der Waals surface area contributed by atoms with E-state index in [0.717, 1.165) is 37.9 Å². The summed E-state index contributed by atoms with van der Waals surface area (Å²) in [5, 5.41) is 6.93. The SMILES string of the molecule is CN=C(NCc1ccc(N(C)C)cc1C)NCC(c1ccco1)N1CCCC1.I. The summed E-state index contributed by atoms with van der Waals surface area (Å²) in [4.78, 5) is 9.01. The second-order valence-electron chi connectivity index (χ2n) is 7.59. The van der Waals surface area contributed by atoms with Gasteiger partial charge in [-0.15, -0.1) is 24.0 Å². The van der Waals surface area contributed by atoms with Crippen molar-refractivity contribution >= 4 is 35.6 Å². The summed E-state index contributed by atoms with van der Waals surface area (Å²) in [6.07, 6.45) is 4.27. The fraction of sp³-hybridized carbons (Fsp3) is 0.500. The van der Waals surface area contributed by atoms with Gasteiger partial charge < -0.3 is 20.0 Å². The van der Waals surface area contributed by atoms with E-state index < -0.39 is 0 Å². The van der Waals surface area contributed by atoms with Crippen molar-refractivity contribution in [2.45, 2.75) is 32.4 Å². The Morgan fingerprint density at radius 1 is 1.21 bits per heavy atom. The summed E-state index contributed by atoms with van der Waals surface area (Å²) in [7, 11) is 5.94. The molecule has 1 aliphatic rings. The number of rotatable bonds is 7. The molecule has 0 saturated carbocycles. The van der Waals surface area contributed by atoms with Gasteiger partial charge in [0.1, 0.15) is 5.76 Å². The van der Waals surface area contributed by atoms with Crippen LogP contribution in [0.3, 0.4) is 0 Å². The summed E-state index contributed by atoms with van der Waals surface area (Å²) >= 11 is 0. The Kier molecular flexibility index (Phi) is 9.29. The number of halogens is 1. The lowest BCUT2D eigenvalue weighted by Gasteiger charge is -2.26. The first-order chi connectivity index (χ1) is 13.6. The van der Waals surface area contributed by atoms with E-state index in [4.69, 9.17) is 4.42 Å². The number of likely N-dealkylation sites (tertiary alicyclic amines) is 1. The average Bonchev–Trinajstić information content (AvgIpc) is 3.39. The molecule has 3 rings (SSSR count). The summed E-state index contributed by atoms with van der Waals surface area (Å²) in [6.45, 7) is 5.91. The van der Waals surface area contributed by atoms with Crippen molar-refractivity contribution in [3.05, 3.63) is 53.5 Å². The number of anilines is 1. The molecule has 0 spiro atoms. The second-order valence-corrected chi connectivity index (χ2v) is 7.59. The van der Waals surface area contributed by atoms with Crippen molar-refractivity contribution in [2.24, 2.45) is 4.99 Å². The van der Waals surface area contributed by atoms with Gasteiger partial charge in [0.25, 0.3) is 0 Å². The molecule has 1 aliphatic heterocycles. The van der Waals surface area contributed by atoms with Gasteiger partial charge in [0.05, 0.1) is 12.3 Å². The van der Waals surface area contributed by atoms with Crippen LogP contribution < -0.4 is 15.5 Å². The van der Waals surface area contributed by atoms with Crippen molar-refractivity contribution in [3.63, 3.8) is 0 Å². The van der Waals surface area contributed by atoms with Crippen LogP contribution >= 0.6 is 24.0 Å². The fourth-order valence-corrected chi connectivity index (χ4v) is 3.69. The number of guanidine groups is 1. The zero-order chi connectivity index (χ0) is 19.9. The minimum atomic E-state index is 0. The minimum Gasteiger partial charge on any atom is -0.468 e. The Balaban J connectivity index is 0.00000300. The molecule has 1 atom stereocenters. The van der Waals surface area contributed by atoms with Gasteiger partial charge in [0, 0.05) is 39.9 Å². The Labute approximate surface area is 191 Å². The van der Waals surface area contributed by atoms with Crippen LogP contribution in [0.15, 0.2) is 46.0 Å². The molecule has 2 heterocycles. The van der Waals surface area contributed by atoms with Crippen LogP contribution in [-0.4, -0.2) is 51.6 Å². The summed E-state index contributed by atoms with van der Waals surface area (Å²) in [5.41, 5.74) is 3.77. The number of hydrogen-bond donors (Lipinski definition) is 2. The van der Waals surface area contributed by atoms with Crippen molar-refractivity contribution < 1.29 is 4.42 Å². The van der Waals surface area contributed by atoms with E-state index in [2.05, 4.69) is 70.7 Å². The van der Waals surface area contributed by atoms with Crippen LogP contribution in [0.5, 0.6) is 0 Å². The van der Waals surface area contributed by atoms with Crippen LogP contribution in [0.1, 0.15) is 35.8 Å². The summed E-state index contributed by atoms with van der Waals surface area (Å²) < 4.78 is 5.70. The molecule has 0 bridgehead atoms. The Hall–Kier alpha value is -1.74. The number of benzene rings is 1. The van der Waals surface area contributed by atoms with E-state index in [1.54, 1.807) is 6.26 Å². The van der Waals surface area contributed by atoms with E-state index in [1.807, 2.05) is 13.1 Å². The average molecular weight is 511 g/mol. The first-order valence-corrected chi connectivity index (χ1v) is 10.1. The largest absolute Gasteiger partial charge is 0.468 e. The molecule has 7 heteroatoms. The molecule has 6 nitrogen and oxygen atoms in total. The third-order valence-corrected chi connectivity index (χ3v) is 5.43. The zero-order valence-corrected chi connectivity index (χ0v) is 20.3. The minimum absolute atomic E-state index is 0. The molecular weight excluding hydrogens is 477 g/mol. The van der Waals surface area contributed by atoms with Gasteiger partial charge in [0.2, 0.25) is 0 Å². The summed E-state index contributed by atoms with van der Waals surface area (Å²) in [5.74, 6) is 1.83. The normalized spacial score (nSPS) is 15.7. The lowest BCUT2D eigenvalue weighted by molar-refractivity contribution is 0.215. The monoisotopic (exact) mass is 511 g/mol. The van der Waals surface area contributed by atoms with Gasteiger partial charge >= 0.3 is 0 Å². The lowest BCUT2D eigenvalue weighted by Crippen LogP contribution is -2.42. The van der Waals surface area contributed by atoms with E-state index in [-0.39, 0.29) is 30.0 Å². The number of nitrogens with zero attached hydrogens (tertiary/aromatic N) is 3. The molecule has 2 N–H and O–H groups in total. The standard InChI is InChI=1S/C22H33N5O.HI/c1-17-14-19(26(3)4)10-9-18(17)15-24-22(23-2)25-16-20(21-8-7-13-28-21)27-11-5-6-12-27;/h7-10,13-14,20H,5-6,11-12,15-16H2,1-4H3,(H2,23,24,25);1H. The van der Waals surface area contributed by atoms with Crippen LogP contribution in [0, 0.1) is 6.92 Å². The smallest absolute Gasteiger partial charge is 0.191 e. The molecule has 29 heavy (non-hydrogen) atoms. The van der Waals surface area contributed by atoms with E-state index in [1.165, 1.54) is 29.7 Å². The third kappa shape index (κ3) is 6.37. The first-order valence-electron chi connectivity index (χ1n) is 10.1.